The predicted molar refractivity (Wildman–Crippen MR) is 82.0 cm³/mol. The molecule has 0 saturated carbocycles. The number of nitrogens with one attached hydrogen (secondary N) is 1. The lowest BCUT2D eigenvalue weighted by Gasteiger charge is -2.10. The van der Waals surface area contributed by atoms with Gasteiger partial charge in [-0.2, -0.15) is 0 Å². The fourth-order valence-electron chi connectivity index (χ4n) is 1.60. The molecule has 4 N–H and O–H groups in total. The maximum absolute atomic E-state index is 13.3. The summed E-state index contributed by atoms with van der Waals surface area (Å²) in [5, 5.41) is 12.8. The highest BCUT2D eigenvalue weighted by Crippen LogP contribution is 2.20. The Morgan fingerprint density at radius 1 is 1.57 bits per heavy atom. The van der Waals surface area contributed by atoms with Crippen molar-refractivity contribution >= 4 is 17.6 Å². The monoisotopic (exact) mass is 317 g/mol. The molecular weight excluding hydrogens is 297 g/mol. The summed E-state index contributed by atoms with van der Waals surface area (Å²) in [5.41, 5.74) is 6.07. The van der Waals surface area contributed by atoms with Gasteiger partial charge < -0.3 is 20.9 Å². The van der Waals surface area contributed by atoms with Crippen LogP contribution in [0.5, 0.6) is 0 Å². The van der Waals surface area contributed by atoms with Crippen LogP contribution in [0, 0.1) is 5.82 Å². The van der Waals surface area contributed by atoms with E-state index in [1.165, 1.54) is 12.1 Å². The Balaban J connectivity index is 2.37. The molecule has 21 heavy (non-hydrogen) atoms. The second-order valence-electron chi connectivity index (χ2n) is 4.39. The van der Waals surface area contributed by atoms with Crippen molar-refractivity contribution < 1.29 is 14.2 Å². The van der Waals surface area contributed by atoms with E-state index in [1.54, 1.807) is 6.07 Å². The summed E-state index contributed by atoms with van der Waals surface area (Å²) >= 11 is 5.58. The SMILES string of the molecule is CCOCCCNC(N)=NCC(O)c1ccc(Cl)c(F)c1. The van der Waals surface area contributed by atoms with Crippen LogP contribution in [0.25, 0.3) is 0 Å². The van der Waals surface area contributed by atoms with Crippen molar-refractivity contribution in [3.05, 3.63) is 34.6 Å². The third-order valence-corrected chi connectivity index (χ3v) is 3.05. The van der Waals surface area contributed by atoms with Gasteiger partial charge in [-0.15, -0.1) is 0 Å². The number of nitrogens with zero attached hydrogens (tertiary/aromatic N) is 1. The largest absolute Gasteiger partial charge is 0.386 e. The highest BCUT2D eigenvalue weighted by molar-refractivity contribution is 6.30. The maximum atomic E-state index is 13.3. The summed E-state index contributed by atoms with van der Waals surface area (Å²) < 4.78 is 18.5. The van der Waals surface area contributed by atoms with E-state index in [9.17, 15) is 9.50 Å². The molecule has 0 amide bonds. The normalized spacial score (nSPS) is 13.2. The molecule has 1 atom stereocenters. The average molecular weight is 318 g/mol. The van der Waals surface area contributed by atoms with Crippen molar-refractivity contribution in [2.24, 2.45) is 10.7 Å². The Hall–Kier alpha value is -1.37. The molecule has 0 fully saturated rings. The molecular formula is C14H21ClFN3O2. The van der Waals surface area contributed by atoms with Crippen LogP contribution < -0.4 is 11.1 Å². The van der Waals surface area contributed by atoms with E-state index < -0.39 is 11.9 Å². The Morgan fingerprint density at radius 3 is 3.00 bits per heavy atom. The van der Waals surface area contributed by atoms with Gasteiger partial charge in [0.25, 0.3) is 0 Å². The second-order valence-corrected chi connectivity index (χ2v) is 4.80. The molecule has 118 valence electrons. The third kappa shape index (κ3) is 6.75. The van der Waals surface area contributed by atoms with Gasteiger partial charge in [-0.25, -0.2) is 4.39 Å². The number of benzene rings is 1. The Labute approximate surface area is 129 Å². The minimum absolute atomic E-state index is 0.0185. The smallest absolute Gasteiger partial charge is 0.188 e. The molecule has 0 aliphatic heterocycles. The van der Waals surface area contributed by atoms with Crippen molar-refractivity contribution in [2.75, 3.05) is 26.3 Å². The number of nitrogens with two attached hydrogens (primary N) is 1. The lowest BCUT2D eigenvalue weighted by molar-refractivity contribution is 0.145. The number of aliphatic imine (C=N–C) groups is 1. The van der Waals surface area contributed by atoms with Crippen LogP contribution in [0.1, 0.15) is 25.0 Å². The fraction of sp³-hybridized carbons (Fsp3) is 0.500. The van der Waals surface area contributed by atoms with Gasteiger partial charge in [0.05, 0.1) is 17.7 Å². The van der Waals surface area contributed by atoms with Crippen LogP contribution >= 0.6 is 11.6 Å². The molecule has 0 spiro atoms. The Morgan fingerprint density at radius 2 is 2.33 bits per heavy atom. The van der Waals surface area contributed by atoms with Crippen LogP contribution in [-0.4, -0.2) is 37.4 Å². The van der Waals surface area contributed by atoms with E-state index in [0.29, 0.717) is 25.3 Å². The van der Waals surface area contributed by atoms with Crippen LogP contribution in [0.4, 0.5) is 4.39 Å². The second kappa shape index (κ2) is 9.55. The lowest BCUT2D eigenvalue weighted by Crippen LogP contribution is -2.33. The third-order valence-electron chi connectivity index (χ3n) is 2.74. The van der Waals surface area contributed by atoms with Gasteiger partial charge in [-0.1, -0.05) is 17.7 Å². The summed E-state index contributed by atoms with van der Waals surface area (Å²) in [6.45, 7) is 3.97. The molecule has 1 aromatic carbocycles. The van der Waals surface area contributed by atoms with Gasteiger partial charge in [0, 0.05) is 19.8 Å². The molecule has 0 radical (unpaired) electrons. The zero-order valence-electron chi connectivity index (χ0n) is 12.0. The number of aliphatic hydroxyl groups is 1. The zero-order valence-corrected chi connectivity index (χ0v) is 12.7. The Bertz CT molecular complexity index is 472. The summed E-state index contributed by atoms with van der Waals surface area (Å²) in [5.74, 6) is -0.334. The van der Waals surface area contributed by atoms with Gasteiger partial charge in [0.2, 0.25) is 0 Å². The van der Waals surface area contributed by atoms with E-state index in [-0.39, 0.29) is 17.5 Å². The summed E-state index contributed by atoms with van der Waals surface area (Å²) in [4.78, 5) is 4.01. The fourth-order valence-corrected chi connectivity index (χ4v) is 1.72. The molecule has 1 unspecified atom stereocenters. The number of halogens is 2. The molecule has 0 saturated heterocycles. The molecule has 0 aromatic heterocycles. The van der Waals surface area contributed by atoms with Crippen molar-refractivity contribution in [3.63, 3.8) is 0 Å². The van der Waals surface area contributed by atoms with Gasteiger partial charge in [-0.05, 0) is 31.0 Å². The number of aliphatic hydroxyl groups excluding tert-OH is 1. The predicted octanol–water partition coefficient (Wildman–Crippen LogP) is 1.84. The van der Waals surface area contributed by atoms with E-state index in [0.717, 1.165) is 6.42 Å². The number of hydrogen-bond acceptors (Lipinski definition) is 3. The first-order valence-electron chi connectivity index (χ1n) is 6.79. The highest BCUT2D eigenvalue weighted by atomic mass is 35.5. The van der Waals surface area contributed by atoms with Gasteiger partial charge >= 0.3 is 0 Å². The minimum Gasteiger partial charge on any atom is -0.386 e. The molecule has 1 rings (SSSR count). The summed E-state index contributed by atoms with van der Waals surface area (Å²) in [6, 6.07) is 4.14. The van der Waals surface area contributed by atoms with Crippen LogP contribution in [0.15, 0.2) is 23.2 Å². The molecule has 0 heterocycles. The van der Waals surface area contributed by atoms with Gasteiger partial charge in [-0.3, -0.25) is 4.99 Å². The summed E-state index contributed by atoms with van der Waals surface area (Å²) in [7, 11) is 0. The summed E-state index contributed by atoms with van der Waals surface area (Å²) in [6.07, 6.45) is -0.116. The first-order chi connectivity index (χ1) is 10.0. The standard InChI is InChI=1S/C14H21ClFN3O2/c1-2-21-7-3-6-18-14(17)19-9-13(20)10-4-5-11(15)12(16)8-10/h4-5,8,13,20H,2-3,6-7,9H2,1H3,(H3,17,18,19). The molecule has 0 bridgehead atoms. The van der Waals surface area contributed by atoms with Crippen molar-refractivity contribution in [3.8, 4) is 0 Å². The van der Waals surface area contributed by atoms with Gasteiger partial charge in [0.15, 0.2) is 5.96 Å². The molecule has 1 aromatic rings. The molecule has 5 nitrogen and oxygen atoms in total. The highest BCUT2D eigenvalue weighted by Gasteiger charge is 2.09. The number of ether oxygens (including phenoxy) is 1. The molecule has 0 aliphatic carbocycles. The average Bonchev–Trinajstić information content (AvgIpc) is 2.47. The van der Waals surface area contributed by atoms with Crippen LogP contribution in [-0.2, 0) is 4.74 Å². The number of rotatable bonds is 8. The van der Waals surface area contributed by atoms with Crippen molar-refractivity contribution in [1.82, 2.24) is 5.32 Å². The van der Waals surface area contributed by atoms with E-state index in [1.807, 2.05) is 6.92 Å². The van der Waals surface area contributed by atoms with E-state index in [2.05, 4.69) is 10.3 Å². The number of guanidine groups is 1. The zero-order chi connectivity index (χ0) is 15.7. The van der Waals surface area contributed by atoms with E-state index >= 15 is 0 Å². The minimum atomic E-state index is -0.930. The van der Waals surface area contributed by atoms with Crippen LogP contribution in [0.2, 0.25) is 5.02 Å². The molecule has 0 aliphatic rings. The molecule has 7 heteroatoms. The van der Waals surface area contributed by atoms with Gasteiger partial charge in [0.1, 0.15) is 5.82 Å². The van der Waals surface area contributed by atoms with E-state index in [4.69, 9.17) is 22.1 Å². The van der Waals surface area contributed by atoms with Crippen LogP contribution in [0.3, 0.4) is 0 Å². The lowest BCUT2D eigenvalue weighted by atomic mass is 10.1. The maximum Gasteiger partial charge on any atom is 0.188 e. The topological polar surface area (TPSA) is 79.9 Å². The quantitative estimate of drug-likeness (QED) is 0.388. The first kappa shape index (κ1) is 17.7. The van der Waals surface area contributed by atoms with Crippen molar-refractivity contribution in [2.45, 2.75) is 19.4 Å². The van der Waals surface area contributed by atoms with Crippen molar-refractivity contribution in [1.29, 1.82) is 0 Å². The Kier molecular flexibility index (Phi) is 8.04. The first-order valence-corrected chi connectivity index (χ1v) is 7.17. The number of hydrogen-bond donors (Lipinski definition) is 3.